The summed E-state index contributed by atoms with van der Waals surface area (Å²) in [6, 6.07) is 23.9. The number of hydrogen-bond donors (Lipinski definition) is 0. The lowest BCUT2D eigenvalue weighted by atomic mass is 9.97. The van der Waals surface area contributed by atoms with Crippen molar-refractivity contribution in [3.63, 3.8) is 0 Å². The van der Waals surface area contributed by atoms with Crippen LogP contribution in [0.15, 0.2) is 71.1 Å². The van der Waals surface area contributed by atoms with Crippen molar-refractivity contribution in [2.24, 2.45) is 0 Å². The lowest BCUT2D eigenvalue weighted by Crippen LogP contribution is -2.06. The van der Waals surface area contributed by atoms with Crippen molar-refractivity contribution in [3.8, 4) is 0 Å². The van der Waals surface area contributed by atoms with Crippen molar-refractivity contribution in [1.29, 1.82) is 0 Å². The Morgan fingerprint density at radius 2 is 1.33 bits per heavy atom. The first-order chi connectivity index (χ1) is 11.7. The first kappa shape index (κ1) is 13.4. The van der Waals surface area contributed by atoms with Crippen LogP contribution in [0.4, 0.5) is 5.88 Å². The van der Waals surface area contributed by atoms with Crippen molar-refractivity contribution >= 4 is 49.2 Å². The Kier molecular flexibility index (Phi) is 2.66. The predicted octanol–water partition coefficient (Wildman–Crippen LogP) is 5.96. The number of benzene rings is 4. The maximum Gasteiger partial charge on any atom is 0.196 e. The highest BCUT2D eigenvalue weighted by Crippen LogP contribution is 2.36. The second kappa shape index (κ2) is 4.75. The smallest absolute Gasteiger partial charge is 0.196 e. The van der Waals surface area contributed by atoms with E-state index in [1.807, 2.05) is 19.0 Å². The number of anilines is 1. The molecule has 5 rings (SSSR count). The zero-order valence-electron chi connectivity index (χ0n) is 13.7. The minimum Gasteiger partial charge on any atom is -0.441 e. The molecular weight excluding hydrogens is 294 g/mol. The summed E-state index contributed by atoms with van der Waals surface area (Å²) in [6.45, 7) is 0. The number of furan rings is 1. The van der Waals surface area contributed by atoms with E-state index in [4.69, 9.17) is 4.42 Å². The van der Waals surface area contributed by atoms with Crippen LogP contribution in [0.5, 0.6) is 0 Å². The largest absolute Gasteiger partial charge is 0.441 e. The Hall–Kier alpha value is -3.00. The molecule has 1 aromatic heterocycles. The summed E-state index contributed by atoms with van der Waals surface area (Å²) in [7, 11) is 4.00. The monoisotopic (exact) mass is 311 g/mol. The topological polar surface area (TPSA) is 16.4 Å². The molecule has 116 valence electrons. The fourth-order valence-electron chi connectivity index (χ4n) is 3.56. The Morgan fingerprint density at radius 3 is 2.12 bits per heavy atom. The molecule has 0 aliphatic carbocycles. The standard InChI is InChI=1S/C22H17NO/c1-23(2)22-13-20-18-8-7-16-11-14-5-3-4-6-15(14)12-19(16)17(18)9-10-21(20)24-22/h3-13H,1-2H3. The number of fused-ring (bicyclic) bond motifs is 6. The van der Waals surface area contributed by atoms with Crippen molar-refractivity contribution < 1.29 is 4.42 Å². The SMILES string of the molecule is CN(C)c1cc2c(ccc3c4cc5ccccc5cc4ccc23)o1. The van der Waals surface area contributed by atoms with Gasteiger partial charge < -0.3 is 9.32 Å². The summed E-state index contributed by atoms with van der Waals surface area (Å²) < 4.78 is 5.95. The van der Waals surface area contributed by atoms with Crippen LogP contribution in [0, 0.1) is 0 Å². The van der Waals surface area contributed by atoms with E-state index in [0.717, 1.165) is 11.5 Å². The molecule has 0 radical (unpaired) electrons. The van der Waals surface area contributed by atoms with Crippen molar-refractivity contribution in [1.82, 2.24) is 0 Å². The second-order valence-corrected chi connectivity index (χ2v) is 6.54. The molecule has 0 aliphatic heterocycles. The molecule has 0 atom stereocenters. The molecule has 2 heteroatoms. The van der Waals surface area contributed by atoms with E-state index >= 15 is 0 Å². The van der Waals surface area contributed by atoms with Crippen LogP contribution in [-0.4, -0.2) is 14.1 Å². The van der Waals surface area contributed by atoms with Gasteiger partial charge in [-0.05, 0) is 50.5 Å². The van der Waals surface area contributed by atoms with Gasteiger partial charge in [-0.1, -0.05) is 42.5 Å². The lowest BCUT2D eigenvalue weighted by molar-refractivity contribution is 0.610. The first-order valence-electron chi connectivity index (χ1n) is 8.16. The van der Waals surface area contributed by atoms with Crippen LogP contribution in [0.1, 0.15) is 0 Å². The minimum atomic E-state index is 0.885. The van der Waals surface area contributed by atoms with Gasteiger partial charge >= 0.3 is 0 Å². The third-order valence-electron chi connectivity index (χ3n) is 4.81. The van der Waals surface area contributed by atoms with E-state index in [-0.39, 0.29) is 0 Å². The molecule has 0 aliphatic rings. The average Bonchev–Trinajstić information content (AvgIpc) is 3.04. The molecule has 0 bridgehead atoms. The maximum atomic E-state index is 5.95. The highest BCUT2D eigenvalue weighted by Gasteiger charge is 2.11. The van der Waals surface area contributed by atoms with Crippen LogP contribution < -0.4 is 4.90 Å². The summed E-state index contributed by atoms with van der Waals surface area (Å²) in [5.41, 5.74) is 0.936. The fourth-order valence-corrected chi connectivity index (χ4v) is 3.56. The molecule has 2 nitrogen and oxygen atoms in total. The lowest BCUT2D eigenvalue weighted by Gasteiger charge is -2.07. The molecule has 0 fully saturated rings. The van der Waals surface area contributed by atoms with Gasteiger partial charge in [0.05, 0.1) is 0 Å². The van der Waals surface area contributed by atoms with Crippen LogP contribution >= 0.6 is 0 Å². The fraction of sp³-hybridized carbons (Fsp3) is 0.0909. The summed E-state index contributed by atoms with van der Waals surface area (Å²) in [6.07, 6.45) is 0. The Bertz CT molecular complexity index is 1230. The molecule has 0 amide bonds. The third-order valence-corrected chi connectivity index (χ3v) is 4.81. The number of hydrogen-bond acceptors (Lipinski definition) is 2. The molecule has 0 saturated heterocycles. The van der Waals surface area contributed by atoms with E-state index in [1.165, 1.54) is 37.7 Å². The van der Waals surface area contributed by atoms with Gasteiger partial charge in [-0.15, -0.1) is 0 Å². The zero-order valence-corrected chi connectivity index (χ0v) is 13.7. The molecule has 1 heterocycles. The Balaban J connectivity index is 1.92. The van der Waals surface area contributed by atoms with Gasteiger partial charge in [0.25, 0.3) is 0 Å². The molecule has 4 aromatic carbocycles. The number of nitrogens with zero attached hydrogens (tertiary/aromatic N) is 1. The van der Waals surface area contributed by atoms with Crippen molar-refractivity contribution in [3.05, 3.63) is 66.7 Å². The first-order valence-corrected chi connectivity index (χ1v) is 8.16. The van der Waals surface area contributed by atoms with E-state index in [2.05, 4.69) is 66.7 Å². The van der Waals surface area contributed by atoms with Crippen LogP contribution in [0.25, 0.3) is 43.3 Å². The highest BCUT2D eigenvalue weighted by atomic mass is 16.4. The van der Waals surface area contributed by atoms with Gasteiger partial charge in [0, 0.05) is 25.5 Å². The zero-order chi connectivity index (χ0) is 16.3. The van der Waals surface area contributed by atoms with Gasteiger partial charge in [-0.3, -0.25) is 0 Å². The van der Waals surface area contributed by atoms with Crippen LogP contribution in [0.3, 0.4) is 0 Å². The third kappa shape index (κ3) is 1.83. The molecular formula is C22H17NO. The Morgan fingerprint density at radius 1 is 0.625 bits per heavy atom. The molecule has 0 unspecified atom stereocenters. The minimum absolute atomic E-state index is 0.885. The van der Waals surface area contributed by atoms with E-state index in [0.29, 0.717) is 0 Å². The normalized spacial score (nSPS) is 11.8. The summed E-state index contributed by atoms with van der Waals surface area (Å²) in [4.78, 5) is 2.00. The van der Waals surface area contributed by atoms with E-state index in [1.54, 1.807) is 0 Å². The van der Waals surface area contributed by atoms with Gasteiger partial charge in [-0.25, -0.2) is 0 Å². The molecule has 24 heavy (non-hydrogen) atoms. The van der Waals surface area contributed by atoms with Gasteiger partial charge in [0.1, 0.15) is 5.58 Å². The molecule has 0 spiro atoms. The Labute approximate surface area is 139 Å². The van der Waals surface area contributed by atoms with Gasteiger partial charge in [-0.2, -0.15) is 0 Å². The number of rotatable bonds is 1. The van der Waals surface area contributed by atoms with Crippen molar-refractivity contribution in [2.75, 3.05) is 19.0 Å². The molecule has 0 N–H and O–H groups in total. The van der Waals surface area contributed by atoms with Crippen molar-refractivity contribution in [2.45, 2.75) is 0 Å². The van der Waals surface area contributed by atoms with Crippen LogP contribution in [-0.2, 0) is 0 Å². The maximum absolute atomic E-state index is 5.95. The van der Waals surface area contributed by atoms with Gasteiger partial charge in [0.2, 0.25) is 0 Å². The van der Waals surface area contributed by atoms with E-state index in [9.17, 15) is 0 Å². The van der Waals surface area contributed by atoms with E-state index < -0.39 is 0 Å². The quantitative estimate of drug-likeness (QED) is 0.280. The summed E-state index contributed by atoms with van der Waals surface area (Å²) in [5, 5.41) is 8.82. The second-order valence-electron chi connectivity index (χ2n) is 6.54. The molecule has 5 aromatic rings. The average molecular weight is 311 g/mol. The van der Waals surface area contributed by atoms with Gasteiger partial charge in [0.15, 0.2) is 5.88 Å². The van der Waals surface area contributed by atoms with Crippen LogP contribution in [0.2, 0.25) is 0 Å². The summed E-state index contributed by atoms with van der Waals surface area (Å²) >= 11 is 0. The predicted molar refractivity (Wildman–Crippen MR) is 103 cm³/mol. The highest BCUT2D eigenvalue weighted by molar-refractivity contribution is 6.18. The molecule has 0 saturated carbocycles. The summed E-state index contributed by atoms with van der Waals surface area (Å²) in [5.74, 6) is 0.885.